The van der Waals surface area contributed by atoms with Crippen LogP contribution in [0.4, 0.5) is 0 Å². The van der Waals surface area contributed by atoms with Gasteiger partial charge in [-0.3, -0.25) is 4.90 Å². The Kier molecular flexibility index (Phi) is 3.65. The molecule has 1 saturated heterocycles. The summed E-state index contributed by atoms with van der Waals surface area (Å²) in [5.41, 5.74) is 0.0481. The lowest BCUT2D eigenvalue weighted by Gasteiger charge is -2.42. The van der Waals surface area contributed by atoms with E-state index in [1.54, 1.807) is 7.11 Å². The van der Waals surface area contributed by atoms with E-state index in [0.29, 0.717) is 6.61 Å². The Morgan fingerprint density at radius 3 is 2.33 bits per heavy atom. The normalized spacial score (nSPS) is 28.4. The fraction of sp³-hybridized carbons (Fsp3) is 1.00. The molecule has 0 aromatic carbocycles. The minimum atomic E-state index is -0.303. The van der Waals surface area contributed by atoms with E-state index in [0.717, 1.165) is 12.8 Å². The summed E-state index contributed by atoms with van der Waals surface area (Å²) in [5, 5.41) is 10.3. The van der Waals surface area contributed by atoms with Crippen LogP contribution >= 0.6 is 0 Å². The Balaban J connectivity index is 2.08. The topological polar surface area (TPSA) is 32.7 Å². The first kappa shape index (κ1) is 11.4. The molecule has 2 aliphatic rings. The van der Waals surface area contributed by atoms with Gasteiger partial charge in [-0.2, -0.15) is 0 Å². The van der Waals surface area contributed by atoms with Crippen molar-refractivity contribution < 1.29 is 9.84 Å². The molecule has 2 fully saturated rings. The van der Waals surface area contributed by atoms with Crippen molar-refractivity contribution in [3.05, 3.63) is 0 Å². The predicted octanol–water partition coefficient (Wildman–Crippen LogP) is 1.40. The summed E-state index contributed by atoms with van der Waals surface area (Å²) in [7, 11) is 1.68. The molecule has 2 rings (SSSR count). The number of likely N-dealkylation sites (tertiary alicyclic amines) is 1. The van der Waals surface area contributed by atoms with Crippen molar-refractivity contribution in [1.82, 2.24) is 4.90 Å². The van der Waals surface area contributed by atoms with Crippen molar-refractivity contribution >= 4 is 0 Å². The van der Waals surface area contributed by atoms with Crippen molar-refractivity contribution in [2.24, 2.45) is 0 Å². The fourth-order valence-corrected chi connectivity index (χ4v) is 3.32. The van der Waals surface area contributed by atoms with Crippen molar-refractivity contribution in [3.63, 3.8) is 0 Å². The average molecular weight is 213 g/mol. The van der Waals surface area contributed by atoms with Crippen molar-refractivity contribution in [2.75, 3.05) is 26.8 Å². The molecule has 15 heavy (non-hydrogen) atoms. The number of aliphatic hydroxyl groups is 1. The van der Waals surface area contributed by atoms with Crippen LogP contribution in [0.2, 0.25) is 0 Å². The first-order chi connectivity index (χ1) is 7.29. The second kappa shape index (κ2) is 4.81. The maximum absolute atomic E-state index is 10.3. The van der Waals surface area contributed by atoms with Crippen LogP contribution in [0.3, 0.4) is 0 Å². The molecule has 1 unspecified atom stereocenters. The van der Waals surface area contributed by atoms with E-state index in [9.17, 15) is 5.11 Å². The zero-order valence-electron chi connectivity index (χ0n) is 9.74. The molecule has 0 radical (unpaired) electrons. The molecule has 0 bridgehead atoms. The molecule has 0 spiro atoms. The molecule has 1 aliphatic carbocycles. The maximum atomic E-state index is 10.3. The smallest absolute Gasteiger partial charge is 0.0956 e. The summed E-state index contributed by atoms with van der Waals surface area (Å²) in [6.45, 7) is 2.82. The zero-order valence-corrected chi connectivity index (χ0v) is 9.74. The minimum absolute atomic E-state index is 0.0481. The van der Waals surface area contributed by atoms with Gasteiger partial charge in [-0.15, -0.1) is 0 Å². The van der Waals surface area contributed by atoms with Crippen LogP contribution in [0.25, 0.3) is 0 Å². The van der Waals surface area contributed by atoms with Gasteiger partial charge in [0.25, 0.3) is 0 Å². The van der Waals surface area contributed by atoms with E-state index in [1.807, 2.05) is 0 Å². The average Bonchev–Trinajstić information content (AvgIpc) is 2.90. The van der Waals surface area contributed by atoms with Gasteiger partial charge in [-0.25, -0.2) is 0 Å². The highest BCUT2D eigenvalue weighted by Gasteiger charge is 2.45. The van der Waals surface area contributed by atoms with Crippen LogP contribution in [-0.4, -0.2) is 48.5 Å². The van der Waals surface area contributed by atoms with Crippen molar-refractivity contribution in [3.8, 4) is 0 Å². The third-order valence-corrected chi connectivity index (χ3v) is 4.15. The third kappa shape index (κ3) is 2.05. The Labute approximate surface area is 92.4 Å². The Hall–Kier alpha value is -0.120. The first-order valence-corrected chi connectivity index (χ1v) is 6.22. The van der Waals surface area contributed by atoms with Crippen LogP contribution in [0, 0.1) is 0 Å². The van der Waals surface area contributed by atoms with E-state index in [2.05, 4.69) is 4.90 Å². The monoisotopic (exact) mass is 213 g/mol. The minimum Gasteiger partial charge on any atom is -0.389 e. The van der Waals surface area contributed by atoms with Gasteiger partial charge in [0.2, 0.25) is 0 Å². The summed E-state index contributed by atoms with van der Waals surface area (Å²) in [4.78, 5) is 2.52. The highest BCUT2D eigenvalue weighted by atomic mass is 16.5. The van der Waals surface area contributed by atoms with Gasteiger partial charge in [0.05, 0.1) is 12.7 Å². The lowest BCUT2D eigenvalue weighted by atomic mass is 9.89. The highest BCUT2D eigenvalue weighted by molar-refractivity contribution is 5.01. The fourth-order valence-electron chi connectivity index (χ4n) is 3.32. The van der Waals surface area contributed by atoms with Crippen LogP contribution in [0.5, 0.6) is 0 Å². The van der Waals surface area contributed by atoms with Gasteiger partial charge in [0, 0.05) is 12.6 Å². The summed E-state index contributed by atoms with van der Waals surface area (Å²) >= 11 is 0. The van der Waals surface area contributed by atoms with E-state index in [-0.39, 0.29) is 11.6 Å². The number of aliphatic hydroxyl groups excluding tert-OH is 1. The molecule has 1 aliphatic heterocycles. The predicted molar refractivity (Wildman–Crippen MR) is 59.9 cm³/mol. The molecule has 0 amide bonds. The number of methoxy groups -OCH3 is 1. The number of hydrogen-bond donors (Lipinski definition) is 1. The second-order valence-electron chi connectivity index (χ2n) is 4.98. The standard InChI is InChI=1S/C12H23NO2/c1-15-10-11(14)12(6-2-3-7-12)13-8-4-5-9-13/h11,14H,2-10H2,1H3. The number of rotatable bonds is 4. The molecule has 1 atom stereocenters. The molecule has 1 N–H and O–H groups in total. The first-order valence-electron chi connectivity index (χ1n) is 6.22. The third-order valence-electron chi connectivity index (χ3n) is 4.15. The molecule has 3 nitrogen and oxygen atoms in total. The molecular weight excluding hydrogens is 190 g/mol. The summed E-state index contributed by atoms with van der Waals surface area (Å²) in [6, 6.07) is 0. The van der Waals surface area contributed by atoms with Gasteiger partial charge < -0.3 is 9.84 Å². The molecule has 1 saturated carbocycles. The number of ether oxygens (including phenoxy) is 1. The van der Waals surface area contributed by atoms with Crippen molar-refractivity contribution in [1.29, 1.82) is 0 Å². The SMILES string of the molecule is COCC(O)C1(N2CCCC2)CCCC1. The lowest BCUT2D eigenvalue weighted by molar-refractivity contribution is -0.0546. The molecular formula is C12H23NO2. The second-order valence-corrected chi connectivity index (χ2v) is 4.98. The molecule has 1 heterocycles. The quantitative estimate of drug-likeness (QED) is 0.766. The van der Waals surface area contributed by atoms with Crippen LogP contribution in [-0.2, 0) is 4.74 Å². The summed E-state index contributed by atoms with van der Waals surface area (Å²) in [6.07, 6.45) is 7.11. The van der Waals surface area contributed by atoms with Gasteiger partial charge in [0.1, 0.15) is 0 Å². The molecule has 0 aromatic heterocycles. The van der Waals surface area contributed by atoms with Gasteiger partial charge in [-0.1, -0.05) is 12.8 Å². The summed E-state index contributed by atoms with van der Waals surface area (Å²) in [5.74, 6) is 0. The van der Waals surface area contributed by atoms with Crippen LogP contribution in [0.15, 0.2) is 0 Å². The Morgan fingerprint density at radius 2 is 1.80 bits per heavy atom. The number of nitrogens with zero attached hydrogens (tertiary/aromatic N) is 1. The zero-order chi connectivity index (χ0) is 10.7. The van der Waals surface area contributed by atoms with E-state index >= 15 is 0 Å². The molecule has 3 heteroatoms. The highest BCUT2D eigenvalue weighted by Crippen LogP contribution is 2.40. The molecule has 0 aromatic rings. The Morgan fingerprint density at radius 1 is 1.20 bits per heavy atom. The van der Waals surface area contributed by atoms with Crippen LogP contribution < -0.4 is 0 Å². The molecule has 88 valence electrons. The van der Waals surface area contributed by atoms with Crippen LogP contribution in [0.1, 0.15) is 38.5 Å². The van der Waals surface area contributed by atoms with Gasteiger partial charge in [0.15, 0.2) is 0 Å². The van der Waals surface area contributed by atoms with E-state index in [1.165, 1.54) is 38.8 Å². The lowest BCUT2D eigenvalue weighted by Crippen LogP contribution is -2.55. The largest absolute Gasteiger partial charge is 0.389 e. The van der Waals surface area contributed by atoms with E-state index in [4.69, 9.17) is 4.74 Å². The Bertz CT molecular complexity index is 196. The van der Waals surface area contributed by atoms with Gasteiger partial charge in [-0.05, 0) is 38.8 Å². The van der Waals surface area contributed by atoms with Gasteiger partial charge >= 0.3 is 0 Å². The maximum Gasteiger partial charge on any atom is 0.0956 e. The van der Waals surface area contributed by atoms with Crippen molar-refractivity contribution in [2.45, 2.75) is 50.2 Å². The number of hydrogen-bond acceptors (Lipinski definition) is 3. The van der Waals surface area contributed by atoms with E-state index < -0.39 is 0 Å². The summed E-state index contributed by atoms with van der Waals surface area (Å²) < 4.78 is 5.12.